The summed E-state index contributed by atoms with van der Waals surface area (Å²) in [6.07, 6.45) is 6.13. The second kappa shape index (κ2) is 8.84. The molecule has 1 aromatic heterocycles. The fourth-order valence-electron chi connectivity index (χ4n) is 6.02. The van der Waals surface area contributed by atoms with Crippen LogP contribution >= 0.6 is 0 Å². The number of para-hydroxylation sites is 1. The zero-order valence-electron chi connectivity index (χ0n) is 20.6. The van der Waals surface area contributed by atoms with Gasteiger partial charge >= 0.3 is 6.03 Å². The minimum Gasteiger partial charge on any atom is -0.375 e. The molecule has 1 spiro atoms. The lowest BCUT2D eigenvalue weighted by Crippen LogP contribution is -2.46. The standard InChI is InChI=1S/C27H32FN5O3/c1-26(24-31-23(36-32-24)20-14-21(20)28)9-11-33(12-10-26)25(34)30-22-18(16-29)4-2-5-19(22)17-6-13-35-27(15-17)7-3-8-27/h2,4-5,17,20-21H,3,6-15H2,1H3,(H,30,34)/t17?,20-,21+/m1/s1. The van der Waals surface area contributed by atoms with Gasteiger partial charge in [0.05, 0.1) is 22.8 Å². The number of hydrogen-bond acceptors (Lipinski definition) is 6. The van der Waals surface area contributed by atoms with E-state index < -0.39 is 6.17 Å². The minimum absolute atomic E-state index is 0.0240. The van der Waals surface area contributed by atoms with Gasteiger partial charge in [-0.25, -0.2) is 9.18 Å². The Morgan fingerprint density at radius 2 is 2.06 bits per heavy atom. The molecular formula is C27H32FN5O3. The van der Waals surface area contributed by atoms with Gasteiger partial charge in [0.15, 0.2) is 5.82 Å². The number of ether oxygens (including phenoxy) is 1. The number of piperidine rings is 1. The van der Waals surface area contributed by atoms with Crippen LogP contribution in [0.15, 0.2) is 22.7 Å². The third-order valence-corrected chi connectivity index (χ3v) is 8.81. The van der Waals surface area contributed by atoms with E-state index in [0.717, 1.165) is 31.2 Å². The summed E-state index contributed by atoms with van der Waals surface area (Å²) in [5.41, 5.74) is 1.80. The highest BCUT2D eigenvalue weighted by molar-refractivity contribution is 5.92. The van der Waals surface area contributed by atoms with Crippen molar-refractivity contribution in [3.05, 3.63) is 41.0 Å². The zero-order valence-corrected chi connectivity index (χ0v) is 20.6. The number of carbonyl (C=O) groups excluding carboxylic acids is 1. The average Bonchev–Trinajstić information content (AvgIpc) is 3.38. The van der Waals surface area contributed by atoms with Crippen molar-refractivity contribution in [2.24, 2.45) is 0 Å². The predicted molar refractivity (Wildman–Crippen MR) is 129 cm³/mol. The monoisotopic (exact) mass is 493 g/mol. The summed E-state index contributed by atoms with van der Waals surface area (Å²) in [6.45, 7) is 3.85. The highest BCUT2D eigenvalue weighted by Crippen LogP contribution is 2.48. The summed E-state index contributed by atoms with van der Waals surface area (Å²) >= 11 is 0. The van der Waals surface area contributed by atoms with Gasteiger partial charge in [0, 0.05) is 25.1 Å². The van der Waals surface area contributed by atoms with Crippen molar-refractivity contribution < 1.29 is 18.4 Å². The van der Waals surface area contributed by atoms with Gasteiger partial charge in [-0.05, 0) is 68.9 Å². The third-order valence-electron chi connectivity index (χ3n) is 8.81. The number of hydrogen-bond donors (Lipinski definition) is 1. The van der Waals surface area contributed by atoms with E-state index in [1.807, 2.05) is 12.1 Å². The topological polar surface area (TPSA) is 104 Å². The molecule has 190 valence electrons. The van der Waals surface area contributed by atoms with Crippen LogP contribution in [0.3, 0.4) is 0 Å². The van der Waals surface area contributed by atoms with Crippen LogP contribution in [0, 0.1) is 11.3 Å². The number of halogens is 1. The molecule has 2 saturated heterocycles. The number of rotatable bonds is 4. The molecule has 2 amide bonds. The van der Waals surface area contributed by atoms with Crippen molar-refractivity contribution in [3.8, 4) is 6.07 Å². The Bertz CT molecular complexity index is 1190. The van der Waals surface area contributed by atoms with Gasteiger partial charge < -0.3 is 19.5 Å². The molecule has 6 rings (SSSR count). The number of benzene rings is 1. The van der Waals surface area contributed by atoms with Crippen LogP contribution in [-0.2, 0) is 10.2 Å². The van der Waals surface area contributed by atoms with E-state index in [1.165, 1.54) is 6.42 Å². The van der Waals surface area contributed by atoms with Gasteiger partial charge in [-0.15, -0.1) is 0 Å². The van der Waals surface area contributed by atoms with Crippen LogP contribution in [0.4, 0.5) is 14.9 Å². The number of amides is 2. The van der Waals surface area contributed by atoms with E-state index >= 15 is 0 Å². The van der Waals surface area contributed by atoms with E-state index in [0.29, 0.717) is 61.9 Å². The van der Waals surface area contributed by atoms with Crippen molar-refractivity contribution in [1.29, 1.82) is 5.26 Å². The third kappa shape index (κ3) is 4.15. The van der Waals surface area contributed by atoms with Crippen molar-refractivity contribution in [3.63, 3.8) is 0 Å². The van der Waals surface area contributed by atoms with Gasteiger partial charge in [0.2, 0.25) is 5.89 Å². The summed E-state index contributed by atoms with van der Waals surface area (Å²) < 4.78 is 24.8. The molecule has 0 bridgehead atoms. The lowest BCUT2D eigenvalue weighted by atomic mass is 9.70. The SMILES string of the molecule is CC1(c2noc([C@@H]3C[C@@H]3F)n2)CCN(C(=O)Nc2c(C#N)cccc2C2CCOC3(CCC3)C2)CC1. The second-order valence-electron chi connectivity index (χ2n) is 11.2. The molecule has 2 aromatic rings. The Balaban J connectivity index is 1.14. The molecule has 1 N–H and O–H groups in total. The molecule has 2 saturated carbocycles. The number of anilines is 1. The zero-order chi connectivity index (χ0) is 24.9. The van der Waals surface area contributed by atoms with E-state index in [-0.39, 0.29) is 28.9 Å². The Hall–Kier alpha value is -2.99. The number of carbonyl (C=O) groups is 1. The lowest BCUT2D eigenvalue weighted by molar-refractivity contribution is -0.133. The van der Waals surface area contributed by atoms with Crippen molar-refractivity contribution in [1.82, 2.24) is 15.0 Å². The fraction of sp³-hybridized carbons (Fsp3) is 0.630. The van der Waals surface area contributed by atoms with Gasteiger partial charge in [-0.1, -0.05) is 24.2 Å². The Morgan fingerprint density at radius 1 is 1.28 bits per heavy atom. The van der Waals surface area contributed by atoms with Crippen LogP contribution in [-0.4, -0.2) is 52.5 Å². The van der Waals surface area contributed by atoms with Gasteiger partial charge in [-0.3, -0.25) is 0 Å². The molecule has 1 aromatic carbocycles. The highest BCUT2D eigenvalue weighted by Gasteiger charge is 2.46. The maximum atomic E-state index is 13.4. The van der Waals surface area contributed by atoms with E-state index in [1.54, 1.807) is 11.0 Å². The van der Waals surface area contributed by atoms with Crippen molar-refractivity contribution in [2.45, 2.75) is 87.3 Å². The molecule has 3 heterocycles. The van der Waals surface area contributed by atoms with Gasteiger partial charge in [0.1, 0.15) is 12.2 Å². The maximum absolute atomic E-state index is 13.4. The highest BCUT2D eigenvalue weighted by atomic mass is 19.1. The molecule has 0 radical (unpaired) electrons. The second-order valence-corrected chi connectivity index (χ2v) is 11.2. The van der Waals surface area contributed by atoms with Crippen LogP contribution in [0.1, 0.15) is 93.0 Å². The lowest BCUT2D eigenvalue weighted by Gasteiger charge is -2.47. The average molecular weight is 494 g/mol. The quantitative estimate of drug-likeness (QED) is 0.630. The van der Waals surface area contributed by atoms with E-state index in [2.05, 4.69) is 28.5 Å². The molecular weight excluding hydrogens is 461 g/mol. The largest absolute Gasteiger partial charge is 0.375 e. The first kappa shape index (κ1) is 23.4. The number of alkyl halides is 1. The Labute approximate surface area is 210 Å². The summed E-state index contributed by atoms with van der Waals surface area (Å²) in [7, 11) is 0. The predicted octanol–water partition coefficient (Wildman–Crippen LogP) is 5.17. The number of urea groups is 1. The number of likely N-dealkylation sites (tertiary alicyclic amines) is 1. The summed E-state index contributed by atoms with van der Waals surface area (Å²) in [5, 5.41) is 17.0. The molecule has 2 aliphatic carbocycles. The molecule has 1 unspecified atom stereocenters. The summed E-state index contributed by atoms with van der Waals surface area (Å²) in [5.74, 6) is 0.981. The van der Waals surface area contributed by atoms with E-state index in [4.69, 9.17) is 9.26 Å². The van der Waals surface area contributed by atoms with Crippen molar-refractivity contribution in [2.75, 3.05) is 25.0 Å². The minimum atomic E-state index is -0.877. The maximum Gasteiger partial charge on any atom is 0.321 e. The smallest absolute Gasteiger partial charge is 0.321 e. The molecule has 2 aliphatic heterocycles. The summed E-state index contributed by atoms with van der Waals surface area (Å²) in [4.78, 5) is 19.6. The first-order valence-electron chi connectivity index (χ1n) is 13.1. The molecule has 9 heteroatoms. The normalized spacial score (nSPS) is 28.2. The van der Waals surface area contributed by atoms with Gasteiger partial charge in [-0.2, -0.15) is 10.2 Å². The molecule has 3 atom stereocenters. The van der Waals surface area contributed by atoms with Crippen LogP contribution in [0.25, 0.3) is 0 Å². The Morgan fingerprint density at radius 3 is 2.72 bits per heavy atom. The number of nitriles is 1. The number of nitrogens with one attached hydrogen (secondary N) is 1. The molecule has 36 heavy (non-hydrogen) atoms. The fourth-order valence-corrected chi connectivity index (χ4v) is 6.02. The number of nitrogens with zero attached hydrogens (tertiary/aromatic N) is 4. The molecule has 8 nitrogen and oxygen atoms in total. The van der Waals surface area contributed by atoms with Crippen LogP contribution in [0.2, 0.25) is 0 Å². The van der Waals surface area contributed by atoms with Crippen molar-refractivity contribution >= 4 is 11.7 Å². The number of aromatic nitrogens is 2. The Kier molecular flexibility index (Phi) is 5.75. The molecule has 4 aliphatic rings. The van der Waals surface area contributed by atoms with E-state index in [9.17, 15) is 14.4 Å². The first-order valence-corrected chi connectivity index (χ1v) is 13.1. The van der Waals surface area contributed by atoms with Crippen LogP contribution < -0.4 is 5.32 Å². The van der Waals surface area contributed by atoms with Gasteiger partial charge in [0.25, 0.3) is 0 Å². The molecule has 4 fully saturated rings. The summed E-state index contributed by atoms with van der Waals surface area (Å²) in [6, 6.07) is 7.79. The van der Waals surface area contributed by atoms with Crippen LogP contribution in [0.5, 0.6) is 0 Å². The first-order chi connectivity index (χ1) is 17.4.